The molecule has 0 N–H and O–H groups in total. The second-order valence-electron chi connectivity index (χ2n) is 3.41. The van der Waals surface area contributed by atoms with E-state index in [1.807, 2.05) is 0 Å². The van der Waals surface area contributed by atoms with E-state index in [9.17, 15) is 22.4 Å². The van der Waals surface area contributed by atoms with Crippen molar-refractivity contribution >= 4 is 21.7 Å². The highest BCUT2D eigenvalue weighted by Gasteiger charge is 2.42. The first-order chi connectivity index (χ1) is 8.29. The zero-order chi connectivity index (χ0) is 13.9. The molecule has 0 heterocycles. The average Bonchev–Trinajstić information content (AvgIpc) is 2.27. The lowest BCUT2D eigenvalue weighted by Crippen LogP contribution is -2.24. The van der Waals surface area contributed by atoms with Crippen molar-refractivity contribution in [3.8, 4) is 5.75 Å². The molecule has 0 radical (unpaired) electrons. The number of Topliss-reactive ketones (excluding diaryl/α,β-unsaturated/α-hetero) is 1. The lowest BCUT2D eigenvalue weighted by atomic mass is 10.1. The largest absolute Gasteiger partial charge is 0.492 e. The zero-order valence-electron chi connectivity index (χ0n) is 9.28. The summed E-state index contributed by atoms with van der Waals surface area (Å²) in [5, 5.41) is 0. The molecule has 0 fully saturated rings. The number of benzene rings is 1. The van der Waals surface area contributed by atoms with E-state index in [-0.39, 0.29) is 16.8 Å². The van der Waals surface area contributed by atoms with Crippen LogP contribution >= 0.6 is 15.9 Å². The maximum Gasteiger partial charge on any atom is 0.455 e. The molecule has 0 aromatic heterocycles. The van der Waals surface area contributed by atoms with E-state index >= 15 is 0 Å². The molecule has 0 unspecified atom stereocenters. The van der Waals surface area contributed by atoms with Crippen LogP contribution in [0, 0.1) is 5.82 Å². The van der Waals surface area contributed by atoms with Crippen LogP contribution in [0.4, 0.5) is 17.6 Å². The highest BCUT2D eigenvalue weighted by Crippen LogP contribution is 2.34. The Labute approximate surface area is 109 Å². The minimum Gasteiger partial charge on any atom is -0.492 e. The Balaban J connectivity index is 3.22. The van der Waals surface area contributed by atoms with Gasteiger partial charge in [0.05, 0.1) is 16.6 Å². The number of ether oxygens (including phenoxy) is 1. The van der Waals surface area contributed by atoms with Crippen molar-refractivity contribution < 1.29 is 27.1 Å². The third-order valence-electron chi connectivity index (χ3n) is 2.00. The molecule has 2 nitrogen and oxygen atoms in total. The highest BCUT2D eigenvalue weighted by molar-refractivity contribution is 9.10. The molecule has 0 atom stereocenters. The molecule has 1 aromatic carbocycles. The number of ketones is 1. The van der Waals surface area contributed by atoms with E-state index in [0.717, 1.165) is 6.07 Å². The molecule has 0 saturated heterocycles. The fourth-order valence-corrected chi connectivity index (χ4v) is 1.82. The first-order valence-electron chi connectivity index (χ1n) is 5.01. The van der Waals surface area contributed by atoms with Gasteiger partial charge in [-0.25, -0.2) is 4.39 Å². The molecule has 1 rings (SSSR count). The molecule has 0 spiro atoms. The van der Waals surface area contributed by atoms with Gasteiger partial charge in [-0.15, -0.1) is 0 Å². The topological polar surface area (TPSA) is 26.3 Å². The smallest absolute Gasteiger partial charge is 0.455 e. The van der Waals surface area contributed by atoms with Crippen LogP contribution in [0.2, 0.25) is 0 Å². The van der Waals surface area contributed by atoms with Crippen LogP contribution in [0.25, 0.3) is 0 Å². The Morgan fingerprint density at radius 3 is 2.50 bits per heavy atom. The van der Waals surface area contributed by atoms with E-state index in [2.05, 4.69) is 15.9 Å². The molecular formula is C11H9BrF4O2. The summed E-state index contributed by atoms with van der Waals surface area (Å²) in [4.78, 5) is 11.1. The molecule has 0 saturated carbocycles. The third kappa shape index (κ3) is 3.22. The lowest BCUT2D eigenvalue weighted by molar-refractivity contribution is -0.0888. The molecule has 0 bridgehead atoms. The maximum atomic E-state index is 13.3. The van der Waals surface area contributed by atoms with Crippen LogP contribution in [0.3, 0.4) is 0 Å². The van der Waals surface area contributed by atoms with Crippen LogP contribution in [-0.2, 0) is 0 Å². The summed E-state index contributed by atoms with van der Waals surface area (Å²) in [5.74, 6) is -3.48. The first kappa shape index (κ1) is 14.9. The highest BCUT2D eigenvalue weighted by atomic mass is 79.9. The first-order valence-corrected chi connectivity index (χ1v) is 5.80. The van der Waals surface area contributed by atoms with E-state index in [1.165, 1.54) is 6.07 Å². The normalized spacial score (nSPS) is 11.4. The van der Waals surface area contributed by atoms with Gasteiger partial charge in [0.15, 0.2) is 0 Å². The van der Waals surface area contributed by atoms with Gasteiger partial charge in [0.1, 0.15) is 11.6 Å². The van der Waals surface area contributed by atoms with Gasteiger partial charge in [-0.1, -0.05) is 6.92 Å². The molecule has 0 aliphatic heterocycles. The van der Waals surface area contributed by atoms with E-state index in [0.29, 0.717) is 6.42 Å². The Morgan fingerprint density at radius 1 is 1.39 bits per heavy atom. The lowest BCUT2D eigenvalue weighted by Gasteiger charge is -2.12. The fourth-order valence-electron chi connectivity index (χ4n) is 1.21. The van der Waals surface area contributed by atoms with Crippen molar-refractivity contribution in [3.05, 3.63) is 28.0 Å². The van der Waals surface area contributed by atoms with Gasteiger partial charge in [-0.05, 0) is 34.5 Å². The van der Waals surface area contributed by atoms with Crippen LogP contribution in [0.15, 0.2) is 16.6 Å². The van der Waals surface area contributed by atoms with Crippen LogP contribution < -0.4 is 4.74 Å². The van der Waals surface area contributed by atoms with E-state index in [4.69, 9.17) is 4.74 Å². The minimum atomic E-state index is -5.13. The van der Waals surface area contributed by atoms with E-state index in [1.54, 1.807) is 6.92 Å². The second-order valence-corrected chi connectivity index (χ2v) is 4.20. The Kier molecular flexibility index (Phi) is 4.72. The van der Waals surface area contributed by atoms with Crippen molar-refractivity contribution in [2.75, 3.05) is 6.61 Å². The van der Waals surface area contributed by atoms with Gasteiger partial charge in [0.25, 0.3) is 5.78 Å². The van der Waals surface area contributed by atoms with Crippen LogP contribution in [0.5, 0.6) is 5.75 Å². The summed E-state index contributed by atoms with van der Waals surface area (Å²) >= 11 is 2.77. The van der Waals surface area contributed by atoms with Gasteiger partial charge < -0.3 is 4.74 Å². The van der Waals surface area contributed by atoms with Crippen molar-refractivity contribution in [2.24, 2.45) is 0 Å². The van der Waals surface area contributed by atoms with Gasteiger partial charge >= 0.3 is 6.18 Å². The minimum absolute atomic E-state index is 0.00542. The Bertz CT molecular complexity index is 457. The summed E-state index contributed by atoms with van der Waals surface area (Å²) in [6, 6.07) is 1.94. The Hall–Kier alpha value is -1.11. The number of rotatable bonds is 4. The molecule has 100 valence electrons. The van der Waals surface area contributed by atoms with Crippen molar-refractivity contribution in [2.45, 2.75) is 19.5 Å². The molecule has 0 aliphatic carbocycles. The van der Waals surface area contributed by atoms with E-state index < -0.39 is 23.3 Å². The summed E-state index contributed by atoms with van der Waals surface area (Å²) in [7, 11) is 0. The molecule has 0 amide bonds. The monoisotopic (exact) mass is 328 g/mol. The summed E-state index contributed by atoms with van der Waals surface area (Å²) < 4.78 is 55.0. The second kappa shape index (κ2) is 5.69. The van der Waals surface area contributed by atoms with Crippen LogP contribution in [-0.4, -0.2) is 18.6 Å². The molecule has 1 aromatic rings. The molecule has 7 heteroatoms. The predicted molar refractivity (Wildman–Crippen MR) is 60.3 cm³/mol. The number of carbonyl (C=O) groups excluding carboxylic acids is 1. The van der Waals surface area contributed by atoms with Gasteiger partial charge in [-0.3, -0.25) is 4.79 Å². The van der Waals surface area contributed by atoms with Gasteiger partial charge in [0.2, 0.25) is 0 Å². The maximum absolute atomic E-state index is 13.3. The number of halogens is 5. The molecule has 0 aliphatic rings. The number of hydrogen-bond acceptors (Lipinski definition) is 2. The number of alkyl halides is 3. The fraction of sp³-hybridized carbons (Fsp3) is 0.364. The Morgan fingerprint density at radius 2 is 2.00 bits per heavy atom. The van der Waals surface area contributed by atoms with Gasteiger partial charge in [0, 0.05) is 0 Å². The zero-order valence-corrected chi connectivity index (χ0v) is 10.9. The third-order valence-corrected chi connectivity index (χ3v) is 2.79. The number of carbonyl (C=O) groups is 1. The summed E-state index contributed by atoms with van der Waals surface area (Å²) in [6.07, 6.45) is -4.50. The van der Waals surface area contributed by atoms with Crippen molar-refractivity contribution in [1.82, 2.24) is 0 Å². The van der Waals surface area contributed by atoms with Gasteiger partial charge in [-0.2, -0.15) is 13.2 Å². The summed E-state index contributed by atoms with van der Waals surface area (Å²) in [6.45, 7) is 2.06. The quantitative estimate of drug-likeness (QED) is 0.613. The standard InChI is InChI=1S/C11H9BrF4O2/c1-2-5-18-7-4-3-6(13)8(9(7)12)10(17)11(14,15)16/h3-4H,2,5H2,1H3. The SMILES string of the molecule is CCCOc1ccc(F)c(C(=O)C(F)(F)F)c1Br. The van der Waals surface area contributed by atoms with Crippen LogP contribution in [0.1, 0.15) is 23.7 Å². The summed E-state index contributed by atoms with van der Waals surface area (Å²) in [5.41, 5.74) is -1.06. The van der Waals surface area contributed by atoms with Crippen molar-refractivity contribution in [3.63, 3.8) is 0 Å². The number of hydrogen-bond donors (Lipinski definition) is 0. The molecular weight excluding hydrogens is 320 g/mol. The van der Waals surface area contributed by atoms with Crippen molar-refractivity contribution in [1.29, 1.82) is 0 Å². The predicted octanol–water partition coefficient (Wildman–Crippen LogP) is 4.12. The average molecular weight is 329 g/mol. The molecule has 18 heavy (non-hydrogen) atoms.